The van der Waals surface area contributed by atoms with Crippen LogP contribution < -0.4 is 4.74 Å². The lowest BCUT2D eigenvalue weighted by Crippen LogP contribution is -2.50. The van der Waals surface area contributed by atoms with E-state index in [-0.39, 0.29) is 11.8 Å². The molecule has 0 spiro atoms. The summed E-state index contributed by atoms with van der Waals surface area (Å²) in [5.74, 6) is 0.736. The van der Waals surface area contributed by atoms with Crippen LogP contribution in [0, 0.1) is 6.92 Å². The summed E-state index contributed by atoms with van der Waals surface area (Å²) < 4.78 is 7.39. The molecule has 0 aliphatic carbocycles. The number of halogens is 1. The van der Waals surface area contributed by atoms with Gasteiger partial charge >= 0.3 is 0 Å². The number of methoxy groups -OCH3 is 1. The Balaban J connectivity index is 1.33. The Morgan fingerprint density at radius 3 is 2.10 bits per heavy atom. The first-order valence-electron chi connectivity index (χ1n) is 14.7. The van der Waals surface area contributed by atoms with Crippen LogP contribution in [-0.4, -0.2) is 59.5 Å². The second-order valence-electron chi connectivity index (χ2n) is 10.8. The second-order valence-corrected chi connectivity index (χ2v) is 11.2. The molecule has 0 saturated carbocycles. The molecule has 7 heteroatoms. The summed E-state index contributed by atoms with van der Waals surface area (Å²) in [6, 6.07) is 25.4. The van der Waals surface area contributed by atoms with Gasteiger partial charge in [0.2, 0.25) is 0 Å². The molecular formula is C35H38ClN3O3. The van der Waals surface area contributed by atoms with Crippen LogP contribution in [0.15, 0.2) is 78.9 Å². The van der Waals surface area contributed by atoms with E-state index in [0.717, 1.165) is 34.8 Å². The van der Waals surface area contributed by atoms with Crippen molar-refractivity contribution in [3.63, 3.8) is 0 Å². The van der Waals surface area contributed by atoms with Crippen molar-refractivity contribution in [2.24, 2.45) is 0 Å². The fourth-order valence-corrected chi connectivity index (χ4v) is 5.82. The molecule has 3 aromatic carbocycles. The lowest BCUT2D eigenvalue weighted by molar-refractivity contribution is 0.0535. The Morgan fingerprint density at radius 1 is 0.833 bits per heavy atom. The molecule has 2 amide bonds. The fourth-order valence-electron chi connectivity index (χ4n) is 5.60. The van der Waals surface area contributed by atoms with Gasteiger partial charge in [-0.2, -0.15) is 0 Å². The molecule has 1 aliphatic heterocycles. The minimum Gasteiger partial charge on any atom is -0.497 e. The van der Waals surface area contributed by atoms with Gasteiger partial charge in [-0.15, -0.1) is 0 Å². The summed E-state index contributed by atoms with van der Waals surface area (Å²) in [4.78, 5) is 30.8. The van der Waals surface area contributed by atoms with Crippen LogP contribution in [0.5, 0.6) is 5.75 Å². The zero-order valence-electron chi connectivity index (χ0n) is 24.6. The van der Waals surface area contributed by atoms with Gasteiger partial charge in [0, 0.05) is 37.4 Å². The number of rotatable bonds is 9. The minimum atomic E-state index is -0.0448. The number of ether oxygens (including phenoxy) is 1. The first-order chi connectivity index (χ1) is 20.4. The van der Waals surface area contributed by atoms with E-state index in [9.17, 15) is 9.59 Å². The maximum absolute atomic E-state index is 13.9. The Labute approximate surface area is 253 Å². The number of carbonyl (C=O) groups is 2. The van der Waals surface area contributed by atoms with Crippen LogP contribution >= 0.6 is 11.6 Å². The van der Waals surface area contributed by atoms with Crippen molar-refractivity contribution in [3.05, 3.63) is 106 Å². The van der Waals surface area contributed by atoms with E-state index in [2.05, 4.69) is 19.1 Å². The van der Waals surface area contributed by atoms with Gasteiger partial charge in [0.15, 0.2) is 0 Å². The van der Waals surface area contributed by atoms with Gasteiger partial charge < -0.3 is 19.1 Å². The first kappa shape index (κ1) is 29.5. The van der Waals surface area contributed by atoms with Crippen LogP contribution in [0.3, 0.4) is 0 Å². The third kappa shape index (κ3) is 6.24. The van der Waals surface area contributed by atoms with Crippen LogP contribution in [0.1, 0.15) is 58.2 Å². The lowest BCUT2D eigenvalue weighted by Gasteiger charge is -2.35. The highest BCUT2D eigenvalue weighted by molar-refractivity contribution is 6.32. The van der Waals surface area contributed by atoms with Crippen molar-refractivity contribution in [2.75, 3.05) is 33.3 Å². The summed E-state index contributed by atoms with van der Waals surface area (Å²) in [5, 5.41) is 0.603. The maximum Gasteiger partial charge on any atom is 0.255 e. The summed E-state index contributed by atoms with van der Waals surface area (Å²) in [6.45, 7) is 6.11. The number of para-hydroxylation sites is 1. The van der Waals surface area contributed by atoms with Gasteiger partial charge in [0.05, 0.1) is 29.1 Å². The molecule has 0 N–H and O–H groups in total. The monoisotopic (exact) mass is 583 g/mol. The third-order valence-electron chi connectivity index (χ3n) is 8.08. The fraction of sp³-hybridized carbons (Fsp3) is 0.314. The molecule has 0 unspecified atom stereocenters. The maximum atomic E-state index is 13.9. The highest BCUT2D eigenvalue weighted by Gasteiger charge is 2.29. The van der Waals surface area contributed by atoms with Crippen molar-refractivity contribution in [1.29, 1.82) is 0 Å². The van der Waals surface area contributed by atoms with Crippen LogP contribution in [-0.2, 0) is 6.42 Å². The zero-order valence-corrected chi connectivity index (χ0v) is 25.4. The number of nitrogens with zero attached hydrogens (tertiary/aromatic N) is 3. The number of hydrogen-bond donors (Lipinski definition) is 0. The number of unbranched alkanes of at least 4 members (excludes halogenated alkanes) is 2. The highest BCUT2D eigenvalue weighted by atomic mass is 35.5. The molecule has 1 fully saturated rings. The van der Waals surface area contributed by atoms with Gasteiger partial charge in [-0.1, -0.05) is 55.6 Å². The molecule has 42 heavy (non-hydrogen) atoms. The Hall–Kier alpha value is -4.03. The Morgan fingerprint density at radius 2 is 1.48 bits per heavy atom. The smallest absolute Gasteiger partial charge is 0.255 e. The Kier molecular flexibility index (Phi) is 9.33. The standard InChI is InChI=1S/C35H38ClN3O3/c1-4-5-6-9-26-12-14-28(15-13-26)34(40)37-20-22-38(23-21-37)35(41)30-24-33(27-16-18-29(42-3)19-17-27)39(25(30)2)32-11-8-7-10-31(32)36/h7-8,10-19,24H,4-6,9,20-23H2,1-3H3. The van der Waals surface area contributed by atoms with Crippen molar-refractivity contribution in [3.8, 4) is 22.7 Å². The van der Waals surface area contributed by atoms with E-state index in [1.807, 2.05) is 88.0 Å². The van der Waals surface area contributed by atoms with Crippen LogP contribution in [0.2, 0.25) is 5.02 Å². The first-order valence-corrected chi connectivity index (χ1v) is 15.1. The summed E-state index contributed by atoms with van der Waals surface area (Å²) in [7, 11) is 1.64. The molecule has 4 aromatic rings. The van der Waals surface area contributed by atoms with Crippen molar-refractivity contribution < 1.29 is 14.3 Å². The summed E-state index contributed by atoms with van der Waals surface area (Å²) in [6.07, 6.45) is 4.63. The molecule has 1 aliphatic rings. The van der Waals surface area contributed by atoms with Gasteiger partial charge in [0.25, 0.3) is 11.8 Å². The SMILES string of the molecule is CCCCCc1ccc(C(=O)N2CCN(C(=O)c3cc(-c4ccc(OC)cc4)n(-c4ccccc4Cl)c3C)CC2)cc1. The van der Waals surface area contributed by atoms with E-state index >= 15 is 0 Å². The molecule has 0 radical (unpaired) electrons. The van der Waals surface area contributed by atoms with Crippen molar-refractivity contribution in [1.82, 2.24) is 14.4 Å². The van der Waals surface area contributed by atoms with Crippen molar-refractivity contribution in [2.45, 2.75) is 39.5 Å². The largest absolute Gasteiger partial charge is 0.497 e. The molecular weight excluding hydrogens is 546 g/mol. The molecule has 0 bridgehead atoms. The molecule has 2 heterocycles. The second kappa shape index (κ2) is 13.3. The molecule has 1 aromatic heterocycles. The van der Waals surface area contributed by atoms with Crippen LogP contribution in [0.25, 0.3) is 16.9 Å². The molecule has 6 nitrogen and oxygen atoms in total. The van der Waals surface area contributed by atoms with Crippen LogP contribution in [0.4, 0.5) is 0 Å². The normalized spacial score (nSPS) is 13.3. The average Bonchev–Trinajstić information content (AvgIpc) is 3.37. The minimum absolute atomic E-state index is 0.0186. The average molecular weight is 584 g/mol. The van der Waals surface area contributed by atoms with Gasteiger partial charge in [0.1, 0.15) is 5.75 Å². The zero-order chi connectivity index (χ0) is 29.6. The predicted molar refractivity (Wildman–Crippen MR) is 169 cm³/mol. The molecule has 218 valence electrons. The molecule has 1 saturated heterocycles. The Bertz CT molecular complexity index is 1530. The molecule has 5 rings (SSSR count). The number of carbonyl (C=O) groups excluding carboxylic acids is 2. The number of piperazine rings is 1. The number of benzene rings is 3. The van der Waals surface area contributed by atoms with Crippen molar-refractivity contribution >= 4 is 23.4 Å². The van der Waals surface area contributed by atoms with Gasteiger partial charge in [-0.05, 0) is 85.5 Å². The van der Waals surface area contributed by atoms with E-state index in [1.165, 1.54) is 24.8 Å². The van der Waals surface area contributed by atoms with E-state index < -0.39 is 0 Å². The lowest BCUT2D eigenvalue weighted by atomic mass is 10.0. The molecule has 0 atom stereocenters. The number of aromatic nitrogens is 1. The topological polar surface area (TPSA) is 54.8 Å². The number of amides is 2. The van der Waals surface area contributed by atoms with Gasteiger partial charge in [-0.3, -0.25) is 9.59 Å². The number of hydrogen-bond acceptors (Lipinski definition) is 3. The number of aryl methyl sites for hydroxylation is 1. The van der Waals surface area contributed by atoms with Gasteiger partial charge in [-0.25, -0.2) is 0 Å². The van der Waals surface area contributed by atoms with E-state index in [4.69, 9.17) is 16.3 Å². The highest BCUT2D eigenvalue weighted by Crippen LogP contribution is 2.34. The van der Waals surface area contributed by atoms with E-state index in [1.54, 1.807) is 7.11 Å². The van der Waals surface area contributed by atoms with E-state index in [0.29, 0.717) is 42.3 Å². The summed E-state index contributed by atoms with van der Waals surface area (Å²) >= 11 is 6.63. The third-order valence-corrected chi connectivity index (χ3v) is 8.40. The predicted octanol–water partition coefficient (Wildman–Crippen LogP) is 7.45. The summed E-state index contributed by atoms with van der Waals surface area (Å²) in [5.41, 5.74) is 6.04. The quantitative estimate of drug-likeness (QED) is 0.192.